The Morgan fingerprint density at radius 2 is 2.21 bits per heavy atom. The van der Waals surface area contributed by atoms with Crippen LogP contribution in [0.5, 0.6) is 0 Å². The molecule has 2 heterocycles. The Morgan fingerprint density at radius 1 is 1.33 bits per heavy atom. The van der Waals surface area contributed by atoms with Gasteiger partial charge in [0.15, 0.2) is 0 Å². The van der Waals surface area contributed by atoms with E-state index in [0.717, 1.165) is 37.0 Å². The highest BCUT2D eigenvalue weighted by Crippen LogP contribution is 2.17. The standard InChI is InChI=1S/C19H22N2O3/c1-13-4-2-5-14(12-13)17-8-7-16(19(23)21-17)18(22)20-10-9-15-6-3-11-24-15/h2,4-5,7-8,12,15H,3,6,9-11H2,1H3,(H,20,22)(H,21,23)/t15-/m1/s1. The highest BCUT2D eigenvalue weighted by molar-refractivity contribution is 5.94. The second-order valence-electron chi connectivity index (χ2n) is 6.16. The van der Waals surface area contributed by atoms with Gasteiger partial charge in [0.05, 0.1) is 6.10 Å². The normalized spacial score (nSPS) is 17.0. The number of amides is 1. The number of rotatable bonds is 5. The van der Waals surface area contributed by atoms with E-state index in [-0.39, 0.29) is 23.1 Å². The molecule has 3 rings (SSSR count). The predicted molar refractivity (Wildman–Crippen MR) is 93.2 cm³/mol. The Hall–Kier alpha value is -2.40. The van der Waals surface area contributed by atoms with Gasteiger partial charge >= 0.3 is 0 Å². The summed E-state index contributed by atoms with van der Waals surface area (Å²) in [7, 11) is 0. The lowest BCUT2D eigenvalue weighted by Crippen LogP contribution is -2.31. The summed E-state index contributed by atoms with van der Waals surface area (Å²) in [4.78, 5) is 27.2. The molecule has 1 aliphatic heterocycles. The fourth-order valence-electron chi connectivity index (χ4n) is 2.95. The van der Waals surface area contributed by atoms with Gasteiger partial charge in [-0.15, -0.1) is 0 Å². The maximum Gasteiger partial charge on any atom is 0.261 e. The lowest BCUT2D eigenvalue weighted by molar-refractivity contribution is 0.0906. The van der Waals surface area contributed by atoms with E-state index >= 15 is 0 Å². The van der Waals surface area contributed by atoms with Crippen molar-refractivity contribution in [2.24, 2.45) is 0 Å². The van der Waals surface area contributed by atoms with Crippen molar-refractivity contribution < 1.29 is 9.53 Å². The molecular formula is C19H22N2O3. The Kier molecular flexibility index (Phi) is 5.11. The van der Waals surface area contributed by atoms with Crippen molar-refractivity contribution in [2.75, 3.05) is 13.2 Å². The number of benzene rings is 1. The number of carbonyl (C=O) groups excluding carboxylic acids is 1. The third kappa shape index (κ3) is 3.92. The van der Waals surface area contributed by atoms with Crippen molar-refractivity contribution in [3.8, 4) is 11.3 Å². The molecule has 1 aliphatic rings. The summed E-state index contributed by atoms with van der Waals surface area (Å²) >= 11 is 0. The first kappa shape index (κ1) is 16.5. The Morgan fingerprint density at radius 3 is 2.92 bits per heavy atom. The van der Waals surface area contributed by atoms with Gasteiger partial charge in [-0.3, -0.25) is 9.59 Å². The Bertz CT molecular complexity index is 776. The molecule has 0 spiro atoms. The fourth-order valence-corrected chi connectivity index (χ4v) is 2.95. The van der Waals surface area contributed by atoms with E-state index in [1.165, 1.54) is 0 Å². The minimum absolute atomic E-state index is 0.138. The van der Waals surface area contributed by atoms with Gasteiger partial charge in [-0.2, -0.15) is 0 Å². The number of aryl methyl sites for hydroxylation is 1. The largest absolute Gasteiger partial charge is 0.378 e. The molecule has 5 heteroatoms. The van der Waals surface area contributed by atoms with Gasteiger partial charge in [-0.1, -0.05) is 23.8 Å². The zero-order valence-corrected chi connectivity index (χ0v) is 13.8. The van der Waals surface area contributed by atoms with Crippen LogP contribution in [0.25, 0.3) is 11.3 Å². The minimum atomic E-state index is -0.372. The molecule has 2 N–H and O–H groups in total. The second kappa shape index (κ2) is 7.45. The van der Waals surface area contributed by atoms with E-state index in [0.29, 0.717) is 12.2 Å². The number of pyridine rings is 1. The summed E-state index contributed by atoms with van der Waals surface area (Å²) in [5.41, 5.74) is 2.52. The maximum atomic E-state index is 12.2. The first-order valence-corrected chi connectivity index (χ1v) is 8.33. The molecule has 0 radical (unpaired) electrons. The van der Waals surface area contributed by atoms with Gasteiger partial charge in [-0.05, 0) is 49.9 Å². The van der Waals surface area contributed by atoms with E-state index in [1.807, 2.05) is 31.2 Å². The number of H-pyrrole nitrogens is 1. The Labute approximate surface area is 141 Å². The van der Waals surface area contributed by atoms with Gasteiger partial charge in [0.1, 0.15) is 5.56 Å². The van der Waals surface area contributed by atoms with Crippen molar-refractivity contribution >= 4 is 5.91 Å². The van der Waals surface area contributed by atoms with Crippen LogP contribution in [0.15, 0.2) is 41.2 Å². The molecule has 1 saturated heterocycles. The molecular weight excluding hydrogens is 304 g/mol. The van der Waals surface area contributed by atoms with Gasteiger partial charge in [-0.25, -0.2) is 0 Å². The van der Waals surface area contributed by atoms with Crippen LogP contribution < -0.4 is 10.9 Å². The summed E-state index contributed by atoms with van der Waals surface area (Å²) in [6, 6.07) is 11.2. The second-order valence-corrected chi connectivity index (χ2v) is 6.16. The fraction of sp³-hybridized carbons (Fsp3) is 0.368. The summed E-state index contributed by atoms with van der Waals surface area (Å²) in [6.07, 6.45) is 3.14. The molecule has 1 aromatic carbocycles. The summed E-state index contributed by atoms with van der Waals surface area (Å²) < 4.78 is 5.52. The molecule has 1 aromatic heterocycles. The van der Waals surface area contributed by atoms with Crippen LogP contribution in [-0.2, 0) is 4.74 Å². The summed E-state index contributed by atoms with van der Waals surface area (Å²) in [5.74, 6) is -0.343. The highest BCUT2D eigenvalue weighted by Gasteiger charge is 2.16. The third-order valence-corrected chi connectivity index (χ3v) is 4.26. The van der Waals surface area contributed by atoms with E-state index in [1.54, 1.807) is 12.1 Å². The van der Waals surface area contributed by atoms with E-state index in [9.17, 15) is 9.59 Å². The summed E-state index contributed by atoms with van der Waals surface area (Å²) in [6.45, 7) is 3.32. The molecule has 5 nitrogen and oxygen atoms in total. The molecule has 2 aromatic rings. The van der Waals surface area contributed by atoms with Crippen molar-refractivity contribution in [2.45, 2.75) is 32.3 Å². The van der Waals surface area contributed by atoms with Crippen LogP contribution in [0.3, 0.4) is 0 Å². The Balaban J connectivity index is 1.65. The smallest absolute Gasteiger partial charge is 0.261 e. The number of aromatic nitrogens is 1. The average molecular weight is 326 g/mol. The minimum Gasteiger partial charge on any atom is -0.378 e. The first-order valence-electron chi connectivity index (χ1n) is 8.33. The third-order valence-electron chi connectivity index (χ3n) is 4.26. The molecule has 0 unspecified atom stereocenters. The van der Waals surface area contributed by atoms with Crippen LogP contribution in [0.4, 0.5) is 0 Å². The van der Waals surface area contributed by atoms with E-state index in [4.69, 9.17) is 4.74 Å². The molecule has 0 saturated carbocycles. The average Bonchev–Trinajstić information content (AvgIpc) is 3.08. The van der Waals surface area contributed by atoms with Gasteiger partial charge in [0.2, 0.25) is 0 Å². The molecule has 1 atom stereocenters. The van der Waals surface area contributed by atoms with Crippen LogP contribution in [0.2, 0.25) is 0 Å². The molecule has 1 amide bonds. The number of hydrogen-bond donors (Lipinski definition) is 2. The van der Waals surface area contributed by atoms with Crippen LogP contribution in [0.1, 0.15) is 35.2 Å². The number of nitrogens with one attached hydrogen (secondary N) is 2. The highest BCUT2D eigenvalue weighted by atomic mass is 16.5. The van der Waals surface area contributed by atoms with Crippen molar-refractivity contribution in [1.82, 2.24) is 10.3 Å². The van der Waals surface area contributed by atoms with Crippen molar-refractivity contribution in [3.05, 3.63) is 57.9 Å². The van der Waals surface area contributed by atoms with E-state index < -0.39 is 0 Å². The maximum absolute atomic E-state index is 12.2. The predicted octanol–water partition coefficient (Wildman–Crippen LogP) is 2.65. The lowest BCUT2D eigenvalue weighted by Gasteiger charge is -2.10. The zero-order valence-electron chi connectivity index (χ0n) is 13.8. The van der Waals surface area contributed by atoms with Crippen molar-refractivity contribution in [3.63, 3.8) is 0 Å². The molecule has 126 valence electrons. The summed E-state index contributed by atoms with van der Waals surface area (Å²) in [5, 5.41) is 2.80. The number of ether oxygens (including phenoxy) is 1. The monoisotopic (exact) mass is 326 g/mol. The topological polar surface area (TPSA) is 71.2 Å². The molecule has 0 aliphatic carbocycles. The van der Waals surface area contributed by atoms with Crippen LogP contribution in [0, 0.1) is 6.92 Å². The SMILES string of the molecule is Cc1cccc(-c2ccc(C(=O)NCC[C@H]3CCCO3)c(=O)[nH]2)c1. The molecule has 24 heavy (non-hydrogen) atoms. The van der Waals surface area contributed by atoms with Gasteiger partial charge < -0.3 is 15.0 Å². The number of aromatic amines is 1. The van der Waals surface area contributed by atoms with E-state index in [2.05, 4.69) is 10.3 Å². The van der Waals surface area contributed by atoms with Gasteiger partial charge in [0, 0.05) is 18.8 Å². The van der Waals surface area contributed by atoms with Crippen LogP contribution in [-0.4, -0.2) is 30.1 Å². The number of hydrogen-bond acceptors (Lipinski definition) is 3. The number of carbonyl (C=O) groups is 1. The van der Waals surface area contributed by atoms with Crippen LogP contribution >= 0.6 is 0 Å². The van der Waals surface area contributed by atoms with Crippen molar-refractivity contribution in [1.29, 1.82) is 0 Å². The quantitative estimate of drug-likeness (QED) is 0.887. The molecule has 0 bridgehead atoms. The van der Waals surface area contributed by atoms with Gasteiger partial charge in [0.25, 0.3) is 11.5 Å². The molecule has 1 fully saturated rings. The first-order chi connectivity index (χ1) is 11.6. The zero-order chi connectivity index (χ0) is 16.9. The lowest BCUT2D eigenvalue weighted by atomic mass is 10.1.